The summed E-state index contributed by atoms with van der Waals surface area (Å²) in [4.78, 5) is 22.2. The third-order valence-electron chi connectivity index (χ3n) is 5.18. The third kappa shape index (κ3) is 5.88. The quantitative estimate of drug-likeness (QED) is 0.357. The zero-order valence-electron chi connectivity index (χ0n) is 18.2. The first-order chi connectivity index (χ1) is 14.8. The van der Waals surface area contributed by atoms with Crippen LogP contribution in [-0.2, 0) is 9.84 Å². The molecular weight excluding hydrogens is 534 g/mol. The van der Waals surface area contributed by atoms with Crippen LogP contribution in [0.3, 0.4) is 0 Å². The van der Waals surface area contributed by atoms with Gasteiger partial charge in [0.25, 0.3) is 5.91 Å². The van der Waals surface area contributed by atoms with Gasteiger partial charge in [-0.25, -0.2) is 13.4 Å². The van der Waals surface area contributed by atoms with E-state index in [0.717, 1.165) is 27.8 Å². The molecule has 0 fully saturated rings. The van der Waals surface area contributed by atoms with Crippen molar-refractivity contribution in [3.8, 4) is 0 Å². The Morgan fingerprint density at radius 1 is 1.06 bits per heavy atom. The summed E-state index contributed by atoms with van der Waals surface area (Å²) in [5, 5.41) is 0.564. The Bertz CT molecular complexity index is 1180. The maximum atomic E-state index is 13.7. The molecule has 32 heavy (non-hydrogen) atoms. The summed E-state index contributed by atoms with van der Waals surface area (Å²) in [5.74, 6) is -0.413. The Morgan fingerprint density at radius 2 is 1.75 bits per heavy atom. The highest BCUT2D eigenvalue weighted by molar-refractivity contribution is 9.10. The molecule has 0 saturated carbocycles. The fraction of sp³-hybridized carbons (Fsp3) is 0.364. The summed E-state index contributed by atoms with van der Waals surface area (Å²) in [6.07, 6.45) is 0. The van der Waals surface area contributed by atoms with E-state index in [9.17, 15) is 13.2 Å². The molecule has 6 nitrogen and oxygen atoms in total. The van der Waals surface area contributed by atoms with E-state index in [1.54, 1.807) is 30.0 Å². The molecule has 0 unspecified atom stereocenters. The molecule has 1 amide bonds. The number of likely N-dealkylation sites (N-methyl/N-ethyl adjacent to an activating group) is 1. The van der Waals surface area contributed by atoms with Gasteiger partial charge in [-0.3, -0.25) is 9.69 Å². The second-order valence-electron chi connectivity index (χ2n) is 6.99. The Labute approximate surface area is 208 Å². The molecule has 0 N–H and O–H groups in total. The monoisotopic (exact) mass is 559 g/mol. The first-order valence-electron chi connectivity index (χ1n) is 10.2. The highest BCUT2D eigenvalue weighted by Gasteiger charge is 2.27. The molecule has 1 aromatic heterocycles. The number of carbonyl (C=O) groups excluding carboxylic acids is 1. The number of thiazole rings is 1. The molecule has 1 heterocycles. The van der Waals surface area contributed by atoms with Crippen LogP contribution in [0.25, 0.3) is 10.2 Å². The van der Waals surface area contributed by atoms with E-state index >= 15 is 0 Å². The second-order valence-corrected chi connectivity index (χ2v) is 11.2. The summed E-state index contributed by atoms with van der Waals surface area (Å²) in [5.41, 5.74) is 0.989. The van der Waals surface area contributed by atoms with E-state index in [1.807, 2.05) is 18.2 Å². The standard InChI is InChI=1S/C22H26BrN3O3S2.ClH/c1-4-25(5-2)13-14-26(22-24-18-12-11-16(23)15-19(18)30-22)21(27)17-9-7-8-10-20(17)31(28,29)6-3;/h7-12,15H,4-6,13-14H2,1-3H3;1H. The van der Waals surface area contributed by atoms with Gasteiger partial charge in [0.1, 0.15) is 0 Å². The molecule has 10 heteroatoms. The van der Waals surface area contributed by atoms with Crippen molar-refractivity contribution in [1.82, 2.24) is 9.88 Å². The molecule has 0 aliphatic heterocycles. The van der Waals surface area contributed by atoms with Crippen LogP contribution in [-0.4, -0.2) is 56.1 Å². The normalized spacial score (nSPS) is 11.5. The van der Waals surface area contributed by atoms with Gasteiger partial charge in [0.2, 0.25) is 0 Å². The number of carbonyl (C=O) groups is 1. The molecular formula is C22H27BrClN3O3S2. The Hall–Kier alpha value is -1.52. The van der Waals surface area contributed by atoms with Crippen molar-refractivity contribution in [2.24, 2.45) is 0 Å². The fourth-order valence-corrected chi connectivity index (χ4v) is 5.91. The lowest BCUT2D eigenvalue weighted by Gasteiger charge is -2.25. The lowest BCUT2D eigenvalue weighted by Crippen LogP contribution is -2.39. The summed E-state index contributed by atoms with van der Waals surface area (Å²) < 4.78 is 27.1. The zero-order chi connectivity index (χ0) is 22.6. The number of amides is 1. The van der Waals surface area contributed by atoms with Crippen molar-refractivity contribution < 1.29 is 13.2 Å². The van der Waals surface area contributed by atoms with E-state index in [4.69, 9.17) is 0 Å². The summed E-state index contributed by atoms with van der Waals surface area (Å²) in [6, 6.07) is 12.2. The Balaban J connectivity index is 0.00000363. The van der Waals surface area contributed by atoms with Crippen LogP contribution >= 0.6 is 39.7 Å². The number of aromatic nitrogens is 1. The average Bonchev–Trinajstić information content (AvgIpc) is 3.19. The van der Waals surface area contributed by atoms with Gasteiger partial charge in [-0.2, -0.15) is 0 Å². The van der Waals surface area contributed by atoms with E-state index < -0.39 is 9.84 Å². The average molecular weight is 561 g/mol. The molecule has 3 aromatic rings. The summed E-state index contributed by atoms with van der Waals surface area (Å²) in [7, 11) is -3.54. The maximum Gasteiger partial charge on any atom is 0.261 e. The summed E-state index contributed by atoms with van der Waals surface area (Å²) in [6.45, 7) is 8.56. The van der Waals surface area contributed by atoms with Crippen molar-refractivity contribution >= 4 is 70.8 Å². The lowest BCUT2D eigenvalue weighted by molar-refractivity contribution is 0.0980. The molecule has 0 bridgehead atoms. The summed E-state index contributed by atoms with van der Waals surface area (Å²) >= 11 is 4.90. The number of fused-ring (bicyclic) bond motifs is 1. The molecule has 3 rings (SSSR count). The smallest absolute Gasteiger partial charge is 0.261 e. The van der Waals surface area contributed by atoms with Crippen molar-refractivity contribution in [2.45, 2.75) is 25.7 Å². The van der Waals surface area contributed by atoms with E-state index in [0.29, 0.717) is 18.2 Å². The number of halogens is 2. The van der Waals surface area contributed by atoms with Crippen LogP contribution in [0, 0.1) is 0 Å². The maximum absolute atomic E-state index is 13.7. The molecule has 0 radical (unpaired) electrons. The highest BCUT2D eigenvalue weighted by Crippen LogP contribution is 2.32. The predicted octanol–water partition coefficient (Wildman–Crippen LogP) is 5.26. The van der Waals surface area contributed by atoms with Crippen LogP contribution in [0.15, 0.2) is 51.8 Å². The van der Waals surface area contributed by atoms with Crippen molar-refractivity contribution in [3.05, 3.63) is 52.5 Å². The number of sulfone groups is 1. The molecule has 2 aromatic carbocycles. The minimum atomic E-state index is -3.54. The van der Waals surface area contributed by atoms with Gasteiger partial charge in [0.15, 0.2) is 15.0 Å². The topological polar surface area (TPSA) is 70.6 Å². The minimum Gasteiger partial charge on any atom is -0.302 e. The number of rotatable bonds is 9. The number of hydrogen-bond donors (Lipinski definition) is 0. The SMILES string of the molecule is CCN(CC)CCN(C(=O)c1ccccc1S(=O)(=O)CC)c1nc2ccc(Br)cc2s1.Cl. The number of nitrogens with zero attached hydrogens (tertiary/aromatic N) is 3. The molecule has 0 aliphatic rings. The highest BCUT2D eigenvalue weighted by atomic mass is 79.9. The van der Waals surface area contributed by atoms with Crippen molar-refractivity contribution in [2.75, 3.05) is 36.8 Å². The van der Waals surface area contributed by atoms with Gasteiger partial charge < -0.3 is 4.90 Å². The van der Waals surface area contributed by atoms with Crippen LogP contribution in [0.4, 0.5) is 5.13 Å². The third-order valence-corrected chi connectivity index (χ3v) is 8.50. The number of anilines is 1. The molecule has 0 spiro atoms. The van der Waals surface area contributed by atoms with Crippen LogP contribution in [0.2, 0.25) is 0 Å². The van der Waals surface area contributed by atoms with E-state index in [-0.39, 0.29) is 34.5 Å². The Morgan fingerprint density at radius 3 is 2.41 bits per heavy atom. The van der Waals surface area contributed by atoms with Gasteiger partial charge >= 0.3 is 0 Å². The lowest BCUT2D eigenvalue weighted by atomic mass is 10.2. The zero-order valence-corrected chi connectivity index (χ0v) is 22.3. The van der Waals surface area contributed by atoms with Gasteiger partial charge in [-0.1, -0.05) is 60.2 Å². The fourth-order valence-electron chi connectivity index (χ4n) is 3.28. The van der Waals surface area contributed by atoms with Gasteiger partial charge in [0, 0.05) is 17.6 Å². The van der Waals surface area contributed by atoms with E-state index in [1.165, 1.54) is 17.4 Å². The Kier molecular flexibility index (Phi) is 9.66. The van der Waals surface area contributed by atoms with Crippen LogP contribution in [0.1, 0.15) is 31.1 Å². The second kappa shape index (κ2) is 11.6. The number of hydrogen-bond acceptors (Lipinski definition) is 6. The number of benzene rings is 2. The van der Waals surface area contributed by atoms with Gasteiger partial charge in [-0.05, 0) is 43.4 Å². The van der Waals surface area contributed by atoms with Crippen molar-refractivity contribution in [1.29, 1.82) is 0 Å². The van der Waals surface area contributed by atoms with Crippen LogP contribution < -0.4 is 4.90 Å². The van der Waals surface area contributed by atoms with E-state index in [2.05, 4.69) is 39.7 Å². The van der Waals surface area contributed by atoms with Gasteiger partial charge in [0.05, 0.1) is 26.4 Å². The van der Waals surface area contributed by atoms with Gasteiger partial charge in [-0.15, -0.1) is 12.4 Å². The largest absolute Gasteiger partial charge is 0.302 e. The molecule has 0 aliphatic carbocycles. The molecule has 174 valence electrons. The van der Waals surface area contributed by atoms with Crippen LogP contribution in [0.5, 0.6) is 0 Å². The molecule has 0 saturated heterocycles. The minimum absolute atomic E-state index is 0. The first-order valence-corrected chi connectivity index (χ1v) is 13.5. The van der Waals surface area contributed by atoms with Crippen molar-refractivity contribution in [3.63, 3.8) is 0 Å². The molecule has 0 atom stereocenters. The predicted molar refractivity (Wildman–Crippen MR) is 138 cm³/mol. The first kappa shape index (κ1) is 26.7.